The molecule has 77 heavy (non-hydrogen) atoms. The molecule has 454 valence electrons. The molecule has 1 fully saturated rings. The van der Waals surface area contributed by atoms with Gasteiger partial charge in [-0.2, -0.15) is 0 Å². The van der Waals surface area contributed by atoms with Crippen molar-refractivity contribution >= 4 is 11.9 Å². The van der Waals surface area contributed by atoms with Crippen LogP contribution in [0.15, 0.2) is 24.3 Å². The van der Waals surface area contributed by atoms with Gasteiger partial charge in [0.15, 0.2) is 12.4 Å². The van der Waals surface area contributed by atoms with Crippen molar-refractivity contribution < 1.29 is 49.3 Å². The molecule has 0 aromatic heterocycles. The van der Waals surface area contributed by atoms with E-state index < -0.39 is 67.4 Å². The fourth-order valence-electron chi connectivity index (χ4n) is 10.6. The van der Waals surface area contributed by atoms with Crippen molar-refractivity contribution in [3.05, 3.63) is 24.3 Å². The zero-order valence-electron chi connectivity index (χ0n) is 50.4. The highest BCUT2D eigenvalue weighted by atomic mass is 16.7. The summed E-state index contributed by atoms with van der Waals surface area (Å²) in [5, 5.41) is 57.1. The number of nitrogens with one attached hydrogen (secondary N) is 1. The average Bonchev–Trinajstić information content (AvgIpc) is 3.43. The van der Waals surface area contributed by atoms with Gasteiger partial charge in [0, 0.05) is 6.42 Å². The van der Waals surface area contributed by atoms with Gasteiger partial charge in [-0.15, -0.1) is 0 Å². The van der Waals surface area contributed by atoms with Gasteiger partial charge in [-0.25, -0.2) is 0 Å². The number of ether oxygens (including phenoxy) is 3. The molecule has 1 heterocycles. The van der Waals surface area contributed by atoms with E-state index in [1.807, 2.05) is 6.08 Å². The van der Waals surface area contributed by atoms with Crippen LogP contribution in [0.25, 0.3) is 0 Å². The summed E-state index contributed by atoms with van der Waals surface area (Å²) in [5.41, 5.74) is 0. The van der Waals surface area contributed by atoms with Crippen LogP contribution in [0.3, 0.4) is 0 Å². The van der Waals surface area contributed by atoms with Crippen LogP contribution in [-0.2, 0) is 23.8 Å². The molecule has 0 saturated carbocycles. The predicted molar refractivity (Wildman–Crippen MR) is 320 cm³/mol. The SMILES string of the molecule is CCCCCCCC/C=C/CCCCCCCCCCCCCCC(O)C(=O)NC(COC1OC(CO)C(O)C(O)C1OC(=O)CCCCCCCCCCCCCCCC)C(O)/C=C/CCCCCCCCCCCC. The maximum absolute atomic E-state index is 13.4. The molecule has 0 bridgehead atoms. The number of hydrogen-bond acceptors (Lipinski definition) is 10. The second kappa shape index (κ2) is 54.7. The van der Waals surface area contributed by atoms with Gasteiger partial charge in [0.25, 0.3) is 0 Å². The Morgan fingerprint density at radius 1 is 0.494 bits per heavy atom. The highest BCUT2D eigenvalue weighted by molar-refractivity contribution is 5.80. The number of aliphatic hydroxyl groups excluding tert-OH is 5. The minimum Gasteiger partial charge on any atom is -0.454 e. The lowest BCUT2D eigenvalue weighted by Gasteiger charge is -2.41. The number of carbonyl (C=O) groups excluding carboxylic acids is 2. The highest BCUT2D eigenvalue weighted by Crippen LogP contribution is 2.26. The number of amides is 1. The molecule has 1 aliphatic heterocycles. The monoisotopic (exact) mass is 1090 g/mol. The van der Waals surface area contributed by atoms with Gasteiger partial charge in [0.1, 0.15) is 24.4 Å². The van der Waals surface area contributed by atoms with E-state index in [0.29, 0.717) is 19.3 Å². The number of allylic oxidation sites excluding steroid dienone is 3. The Labute approximate surface area is 473 Å². The first-order valence-electron chi connectivity index (χ1n) is 33.1. The molecule has 11 heteroatoms. The molecule has 1 rings (SSSR count). The van der Waals surface area contributed by atoms with Gasteiger partial charge in [0.2, 0.25) is 5.91 Å². The van der Waals surface area contributed by atoms with Crippen molar-refractivity contribution in [3.8, 4) is 0 Å². The standard InChI is InChI=1S/C66H125NO10/c1-4-7-10-13-16-19-22-25-27-28-29-30-31-32-33-34-35-38-41-44-47-50-53-59(70)65(74)67-57(58(69)52-49-46-43-40-37-24-21-18-15-12-9-6-3)56-75-66-64(63(73)62(72)60(55-68)76-66)77-61(71)54-51-48-45-42-39-36-26-23-20-17-14-11-8-5-2/h25,27,49,52,57-60,62-64,66,68-70,72-73H,4-24,26,28-48,50-51,53-56H2,1-3H3,(H,67,74)/b27-25+,52-49+. The third kappa shape index (κ3) is 42.6. The number of carbonyl (C=O) groups is 2. The van der Waals surface area contributed by atoms with E-state index in [9.17, 15) is 35.1 Å². The third-order valence-electron chi connectivity index (χ3n) is 15.9. The van der Waals surface area contributed by atoms with Crippen molar-refractivity contribution in [3.63, 3.8) is 0 Å². The molecule has 0 aromatic rings. The number of aliphatic hydroxyl groups is 5. The van der Waals surface area contributed by atoms with Crippen LogP contribution >= 0.6 is 0 Å². The summed E-state index contributed by atoms with van der Waals surface area (Å²) in [6.07, 6.45) is 53.6. The summed E-state index contributed by atoms with van der Waals surface area (Å²) >= 11 is 0. The largest absolute Gasteiger partial charge is 0.454 e. The summed E-state index contributed by atoms with van der Waals surface area (Å²) in [6.45, 7) is 5.82. The lowest BCUT2D eigenvalue weighted by molar-refractivity contribution is -0.305. The molecule has 6 N–H and O–H groups in total. The minimum absolute atomic E-state index is 0.130. The maximum atomic E-state index is 13.4. The number of esters is 1. The Kier molecular flexibility index (Phi) is 52.0. The molecule has 1 amide bonds. The Morgan fingerprint density at radius 2 is 0.857 bits per heavy atom. The molecule has 0 radical (unpaired) electrons. The second-order valence-electron chi connectivity index (χ2n) is 23.2. The van der Waals surface area contributed by atoms with Gasteiger partial charge >= 0.3 is 5.97 Å². The van der Waals surface area contributed by atoms with E-state index in [1.54, 1.807) is 6.08 Å². The van der Waals surface area contributed by atoms with Crippen molar-refractivity contribution in [1.82, 2.24) is 5.32 Å². The minimum atomic E-state index is -1.61. The summed E-state index contributed by atoms with van der Waals surface area (Å²) < 4.78 is 17.6. The molecule has 1 aliphatic rings. The van der Waals surface area contributed by atoms with Crippen LogP contribution in [0.4, 0.5) is 0 Å². The smallest absolute Gasteiger partial charge is 0.306 e. The predicted octanol–water partition coefficient (Wildman–Crippen LogP) is 16.1. The molecular formula is C66H125NO10. The first-order chi connectivity index (χ1) is 37.7. The van der Waals surface area contributed by atoms with E-state index >= 15 is 0 Å². The third-order valence-corrected chi connectivity index (χ3v) is 15.9. The summed E-state index contributed by atoms with van der Waals surface area (Å²) in [5.74, 6) is -1.18. The zero-order chi connectivity index (χ0) is 56.1. The van der Waals surface area contributed by atoms with Crippen LogP contribution in [0, 0.1) is 0 Å². The number of rotatable bonds is 57. The lowest BCUT2D eigenvalue weighted by atomic mass is 9.99. The van der Waals surface area contributed by atoms with Crippen molar-refractivity contribution in [1.29, 1.82) is 0 Å². The van der Waals surface area contributed by atoms with Gasteiger partial charge in [-0.1, -0.05) is 289 Å². The fraction of sp³-hybridized carbons (Fsp3) is 0.909. The molecule has 8 unspecified atom stereocenters. The molecule has 11 nitrogen and oxygen atoms in total. The van der Waals surface area contributed by atoms with E-state index in [2.05, 4.69) is 38.2 Å². The van der Waals surface area contributed by atoms with E-state index in [1.165, 1.54) is 218 Å². The lowest BCUT2D eigenvalue weighted by Crippen LogP contribution is -2.61. The molecule has 0 aliphatic carbocycles. The topological polar surface area (TPSA) is 175 Å². The Morgan fingerprint density at radius 3 is 1.26 bits per heavy atom. The van der Waals surface area contributed by atoms with Crippen molar-refractivity contribution in [2.75, 3.05) is 13.2 Å². The highest BCUT2D eigenvalue weighted by Gasteiger charge is 2.47. The van der Waals surface area contributed by atoms with E-state index in [0.717, 1.165) is 57.8 Å². The van der Waals surface area contributed by atoms with Gasteiger partial charge in [-0.3, -0.25) is 9.59 Å². The second-order valence-corrected chi connectivity index (χ2v) is 23.2. The van der Waals surface area contributed by atoms with E-state index in [-0.39, 0.29) is 13.0 Å². The van der Waals surface area contributed by atoms with Gasteiger partial charge < -0.3 is 45.1 Å². The molecule has 1 saturated heterocycles. The first-order valence-corrected chi connectivity index (χ1v) is 33.1. The Balaban J connectivity index is 2.61. The van der Waals surface area contributed by atoms with E-state index in [4.69, 9.17) is 14.2 Å². The zero-order valence-corrected chi connectivity index (χ0v) is 50.4. The average molecular weight is 1090 g/mol. The normalized spacial score (nSPS) is 19.1. The molecular weight excluding hydrogens is 967 g/mol. The van der Waals surface area contributed by atoms with Crippen molar-refractivity contribution in [2.45, 2.75) is 372 Å². The Hall–Kier alpha value is -1.86. The summed E-state index contributed by atoms with van der Waals surface area (Å²) in [6, 6.07) is -1.02. The molecule has 0 aromatic carbocycles. The fourth-order valence-corrected chi connectivity index (χ4v) is 10.6. The van der Waals surface area contributed by atoms with Gasteiger partial charge in [0.05, 0.1) is 25.4 Å². The maximum Gasteiger partial charge on any atom is 0.306 e. The Bertz CT molecular complexity index is 1350. The van der Waals surface area contributed by atoms with Crippen LogP contribution < -0.4 is 5.32 Å². The number of hydrogen-bond donors (Lipinski definition) is 6. The summed E-state index contributed by atoms with van der Waals surface area (Å²) in [7, 11) is 0. The first kappa shape index (κ1) is 73.2. The quantitative estimate of drug-likeness (QED) is 0.0195. The number of unbranched alkanes of at least 4 members (excludes halogenated alkanes) is 41. The molecule has 0 spiro atoms. The van der Waals surface area contributed by atoms with Crippen LogP contribution in [0.5, 0.6) is 0 Å². The van der Waals surface area contributed by atoms with Crippen LogP contribution in [-0.4, -0.2) is 99.6 Å². The van der Waals surface area contributed by atoms with Crippen molar-refractivity contribution in [2.24, 2.45) is 0 Å². The van der Waals surface area contributed by atoms with Crippen LogP contribution in [0.2, 0.25) is 0 Å². The van der Waals surface area contributed by atoms with Crippen LogP contribution in [0.1, 0.15) is 323 Å². The molecule has 8 atom stereocenters. The summed E-state index contributed by atoms with van der Waals surface area (Å²) in [4.78, 5) is 26.6. The van der Waals surface area contributed by atoms with Gasteiger partial charge in [-0.05, 0) is 51.4 Å².